The average Bonchev–Trinajstić information content (AvgIpc) is 2.97. The highest BCUT2D eigenvalue weighted by molar-refractivity contribution is 5.42. The quantitative estimate of drug-likeness (QED) is 0.895. The molecule has 6 nitrogen and oxygen atoms in total. The summed E-state index contributed by atoms with van der Waals surface area (Å²) < 4.78 is 7.46. The molecule has 1 fully saturated rings. The molecule has 1 aliphatic heterocycles. The molecular formula is C14H18N4O2. The Balaban J connectivity index is 1.70. The number of aromatic nitrogens is 3. The number of rotatable bonds is 3. The van der Waals surface area contributed by atoms with Crippen LogP contribution in [-0.2, 0) is 7.05 Å². The van der Waals surface area contributed by atoms with Crippen molar-refractivity contribution in [1.29, 1.82) is 0 Å². The third-order valence-corrected chi connectivity index (χ3v) is 3.43. The van der Waals surface area contributed by atoms with Gasteiger partial charge in [0.15, 0.2) is 5.75 Å². The van der Waals surface area contributed by atoms with Crippen molar-refractivity contribution in [2.24, 2.45) is 7.05 Å². The number of aliphatic hydroxyl groups excluding tert-OH is 1. The van der Waals surface area contributed by atoms with E-state index in [-0.39, 0.29) is 6.10 Å². The van der Waals surface area contributed by atoms with E-state index < -0.39 is 6.10 Å². The maximum absolute atomic E-state index is 10.1. The summed E-state index contributed by atoms with van der Waals surface area (Å²) in [5.74, 6) is 1.55. The predicted octanol–water partition coefficient (Wildman–Crippen LogP) is 0.752. The topological polar surface area (TPSA) is 63.4 Å². The average molecular weight is 274 g/mol. The Morgan fingerprint density at radius 3 is 2.95 bits per heavy atom. The van der Waals surface area contributed by atoms with Crippen LogP contribution in [0.5, 0.6) is 5.75 Å². The van der Waals surface area contributed by atoms with Gasteiger partial charge in [-0.2, -0.15) is 5.10 Å². The first-order valence-electron chi connectivity index (χ1n) is 6.63. The van der Waals surface area contributed by atoms with Crippen molar-refractivity contribution in [3.63, 3.8) is 0 Å². The maximum atomic E-state index is 10.1. The fourth-order valence-electron chi connectivity index (χ4n) is 2.39. The van der Waals surface area contributed by atoms with Gasteiger partial charge in [0.2, 0.25) is 0 Å². The van der Waals surface area contributed by atoms with Crippen molar-refractivity contribution < 1.29 is 9.84 Å². The van der Waals surface area contributed by atoms with Gasteiger partial charge in [-0.05, 0) is 24.6 Å². The van der Waals surface area contributed by atoms with Crippen LogP contribution in [0, 0.1) is 6.92 Å². The Morgan fingerprint density at radius 1 is 1.40 bits per heavy atom. The number of anilines is 1. The first kappa shape index (κ1) is 12.9. The molecule has 1 aliphatic rings. The molecule has 20 heavy (non-hydrogen) atoms. The summed E-state index contributed by atoms with van der Waals surface area (Å²) in [6.07, 6.45) is 4.44. The molecule has 0 bridgehead atoms. The first-order chi connectivity index (χ1) is 9.61. The van der Waals surface area contributed by atoms with Gasteiger partial charge in [-0.15, -0.1) is 0 Å². The summed E-state index contributed by atoms with van der Waals surface area (Å²) in [5.41, 5.74) is 1.15. The molecule has 3 rings (SSSR count). The molecule has 6 heteroatoms. The van der Waals surface area contributed by atoms with Crippen LogP contribution < -0.4 is 9.64 Å². The van der Waals surface area contributed by atoms with Crippen LogP contribution in [0.3, 0.4) is 0 Å². The van der Waals surface area contributed by atoms with Gasteiger partial charge in [-0.25, -0.2) is 4.98 Å². The van der Waals surface area contributed by atoms with Crippen molar-refractivity contribution in [3.05, 3.63) is 36.3 Å². The predicted molar refractivity (Wildman–Crippen MR) is 74.8 cm³/mol. The zero-order chi connectivity index (χ0) is 14.1. The third kappa shape index (κ3) is 2.60. The second kappa shape index (κ2) is 5.13. The Morgan fingerprint density at radius 2 is 2.25 bits per heavy atom. The van der Waals surface area contributed by atoms with E-state index in [0.717, 1.165) is 11.4 Å². The van der Waals surface area contributed by atoms with Crippen LogP contribution >= 0.6 is 0 Å². The van der Waals surface area contributed by atoms with Crippen molar-refractivity contribution in [2.45, 2.75) is 19.1 Å². The summed E-state index contributed by atoms with van der Waals surface area (Å²) >= 11 is 0. The lowest BCUT2D eigenvalue weighted by atomic mass is 10.3. The van der Waals surface area contributed by atoms with Gasteiger partial charge < -0.3 is 14.7 Å². The molecule has 0 amide bonds. The van der Waals surface area contributed by atoms with E-state index in [1.54, 1.807) is 23.3 Å². The van der Waals surface area contributed by atoms with Gasteiger partial charge >= 0.3 is 0 Å². The zero-order valence-corrected chi connectivity index (χ0v) is 11.6. The smallest absolute Gasteiger partial charge is 0.157 e. The zero-order valence-electron chi connectivity index (χ0n) is 11.6. The van der Waals surface area contributed by atoms with Crippen molar-refractivity contribution in [1.82, 2.24) is 14.8 Å². The van der Waals surface area contributed by atoms with Crippen molar-refractivity contribution in [3.8, 4) is 5.75 Å². The lowest BCUT2D eigenvalue weighted by molar-refractivity contribution is 0.0737. The van der Waals surface area contributed by atoms with Crippen LogP contribution in [0.1, 0.15) is 5.56 Å². The van der Waals surface area contributed by atoms with E-state index >= 15 is 0 Å². The molecule has 0 radical (unpaired) electrons. The Labute approximate surface area is 117 Å². The molecule has 2 aromatic rings. The third-order valence-electron chi connectivity index (χ3n) is 3.43. The minimum Gasteiger partial charge on any atom is -0.482 e. The fourth-order valence-corrected chi connectivity index (χ4v) is 2.39. The van der Waals surface area contributed by atoms with Crippen molar-refractivity contribution in [2.75, 3.05) is 18.0 Å². The van der Waals surface area contributed by atoms with Crippen molar-refractivity contribution >= 4 is 5.82 Å². The molecule has 0 saturated carbocycles. The summed E-state index contributed by atoms with van der Waals surface area (Å²) in [5, 5.41) is 14.2. The van der Waals surface area contributed by atoms with E-state index in [1.165, 1.54) is 0 Å². The highest BCUT2D eigenvalue weighted by atomic mass is 16.5. The number of aryl methyl sites for hydroxylation is 2. The van der Waals surface area contributed by atoms with E-state index in [9.17, 15) is 5.11 Å². The summed E-state index contributed by atoms with van der Waals surface area (Å²) in [6.45, 7) is 3.18. The molecule has 2 atom stereocenters. The molecule has 0 spiro atoms. The normalized spacial score (nSPS) is 22.2. The van der Waals surface area contributed by atoms with Crippen LogP contribution in [-0.4, -0.2) is 45.2 Å². The van der Waals surface area contributed by atoms with Crippen LogP contribution in [0.2, 0.25) is 0 Å². The molecule has 0 aromatic carbocycles. The number of nitrogens with zero attached hydrogens (tertiary/aromatic N) is 4. The summed E-state index contributed by atoms with van der Waals surface area (Å²) in [7, 11) is 1.83. The number of pyridine rings is 1. The number of hydrogen-bond acceptors (Lipinski definition) is 5. The highest BCUT2D eigenvalue weighted by Gasteiger charge is 2.34. The SMILES string of the molecule is Cc1ccnc(N2C[C@@H](O)[C@H](Oc3cnn(C)c3)C2)c1. The maximum Gasteiger partial charge on any atom is 0.157 e. The number of ether oxygens (including phenoxy) is 1. The Hall–Kier alpha value is -2.08. The first-order valence-corrected chi connectivity index (χ1v) is 6.63. The van der Waals surface area contributed by atoms with Gasteiger partial charge in [0.25, 0.3) is 0 Å². The molecule has 2 aromatic heterocycles. The minimum atomic E-state index is -0.530. The lowest BCUT2D eigenvalue weighted by Crippen LogP contribution is -2.29. The molecular weight excluding hydrogens is 256 g/mol. The standard InChI is InChI=1S/C14H18N4O2/c1-10-3-4-15-14(5-10)18-8-12(19)13(9-18)20-11-6-16-17(2)7-11/h3-7,12-13,19H,8-9H2,1-2H3/t12-,13-/m1/s1. The van der Waals surface area contributed by atoms with Gasteiger partial charge in [0.1, 0.15) is 18.0 Å². The molecule has 1 saturated heterocycles. The largest absolute Gasteiger partial charge is 0.482 e. The molecule has 1 N–H and O–H groups in total. The van der Waals surface area contributed by atoms with Crippen LogP contribution in [0.25, 0.3) is 0 Å². The van der Waals surface area contributed by atoms with Gasteiger partial charge in [0.05, 0.1) is 18.9 Å². The molecule has 0 unspecified atom stereocenters. The van der Waals surface area contributed by atoms with E-state index in [4.69, 9.17) is 4.74 Å². The van der Waals surface area contributed by atoms with Gasteiger partial charge in [-0.1, -0.05) is 0 Å². The molecule has 3 heterocycles. The lowest BCUT2D eigenvalue weighted by Gasteiger charge is -2.17. The number of aliphatic hydroxyl groups is 1. The van der Waals surface area contributed by atoms with E-state index in [2.05, 4.69) is 10.1 Å². The van der Waals surface area contributed by atoms with Gasteiger partial charge in [0, 0.05) is 19.8 Å². The minimum absolute atomic E-state index is 0.262. The molecule has 0 aliphatic carbocycles. The number of β-amino-alcohol motifs (C(OH)–C–C–N with tert-alkyl or cyclic N) is 1. The Bertz CT molecular complexity index is 598. The van der Waals surface area contributed by atoms with E-state index in [0.29, 0.717) is 18.8 Å². The van der Waals surface area contributed by atoms with Crippen LogP contribution in [0.4, 0.5) is 5.82 Å². The number of hydrogen-bond donors (Lipinski definition) is 1. The fraction of sp³-hybridized carbons (Fsp3) is 0.429. The monoisotopic (exact) mass is 274 g/mol. The summed E-state index contributed by atoms with van der Waals surface area (Å²) in [6, 6.07) is 3.97. The highest BCUT2D eigenvalue weighted by Crippen LogP contribution is 2.22. The summed E-state index contributed by atoms with van der Waals surface area (Å²) in [4.78, 5) is 6.38. The van der Waals surface area contributed by atoms with Gasteiger partial charge in [-0.3, -0.25) is 4.68 Å². The Kier molecular flexibility index (Phi) is 3.31. The second-order valence-electron chi connectivity index (χ2n) is 5.17. The van der Waals surface area contributed by atoms with Crippen LogP contribution in [0.15, 0.2) is 30.7 Å². The molecule has 106 valence electrons. The van der Waals surface area contributed by atoms with E-state index in [1.807, 2.05) is 31.0 Å². The second-order valence-corrected chi connectivity index (χ2v) is 5.17.